The van der Waals surface area contributed by atoms with E-state index in [1.807, 2.05) is 0 Å². The topological polar surface area (TPSA) is 89.9 Å². The van der Waals surface area contributed by atoms with Gasteiger partial charge in [0.15, 0.2) is 0 Å². The molecule has 0 amide bonds. The minimum absolute atomic E-state index is 0.175. The Morgan fingerprint density at radius 1 is 1.11 bits per heavy atom. The van der Waals surface area contributed by atoms with E-state index in [2.05, 4.69) is 5.32 Å². The van der Waals surface area contributed by atoms with Crippen molar-refractivity contribution in [3.8, 4) is 0 Å². The van der Waals surface area contributed by atoms with Gasteiger partial charge in [-0.1, -0.05) is 12.1 Å². The van der Waals surface area contributed by atoms with Gasteiger partial charge < -0.3 is 15.4 Å². The molecule has 6 nitrogen and oxygen atoms in total. The normalized spacial score (nSPS) is 17.7. The van der Waals surface area contributed by atoms with Gasteiger partial charge in [0.25, 0.3) is 0 Å². The second kappa shape index (κ2) is 5.37. The zero-order valence-corrected chi connectivity index (χ0v) is 10.6. The fourth-order valence-corrected chi connectivity index (χ4v) is 3.29. The molecule has 0 atom stereocenters. The molecular weight excluding hydrogens is 255 g/mol. The summed E-state index contributed by atoms with van der Waals surface area (Å²) in [5, 5.41) is 21.0. The fourth-order valence-electron chi connectivity index (χ4n) is 1.85. The van der Waals surface area contributed by atoms with Gasteiger partial charge in [-0.05, 0) is 17.6 Å². The standard InChI is InChI=1S/C10H15BN2O4S/c14-11(15)9-1-3-10(4-2-9)18(16,17)13-7-5-12-6-8-13/h1-4,12,14-15H,5-8H2. The lowest BCUT2D eigenvalue weighted by Crippen LogP contribution is -2.46. The van der Waals surface area contributed by atoms with Crippen molar-refractivity contribution in [1.82, 2.24) is 9.62 Å². The van der Waals surface area contributed by atoms with Gasteiger partial charge in [-0.3, -0.25) is 0 Å². The Balaban J connectivity index is 2.23. The summed E-state index contributed by atoms with van der Waals surface area (Å²) in [5.41, 5.74) is 0.272. The van der Waals surface area contributed by atoms with E-state index in [0.717, 1.165) is 0 Å². The first-order chi connectivity index (χ1) is 8.51. The van der Waals surface area contributed by atoms with Crippen molar-refractivity contribution in [3.05, 3.63) is 24.3 Å². The van der Waals surface area contributed by atoms with Crippen LogP contribution in [-0.2, 0) is 10.0 Å². The number of benzene rings is 1. The van der Waals surface area contributed by atoms with Crippen molar-refractivity contribution in [2.75, 3.05) is 26.2 Å². The van der Waals surface area contributed by atoms with E-state index in [9.17, 15) is 8.42 Å². The Labute approximate surface area is 106 Å². The lowest BCUT2D eigenvalue weighted by atomic mass is 9.81. The molecule has 1 aromatic carbocycles. The van der Waals surface area contributed by atoms with Crippen LogP contribution in [-0.4, -0.2) is 56.1 Å². The molecule has 98 valence electrons. The van der Waals surface area contributed by atoms with Crippen LogP contribution in [0.15, 0.2) is 29.2 Å². The van der Waals surface area contributed by atoms with E-state index in [4.69, 9.17) is 10.0 Å². The predicted octanol–water partition coefficient (Wildman–Crippen LogP) is -2.04. The number of piperazine rings is 1. The van der Waals surface area contributed by atoms with Crippen LogP contribution >= 0.6 is 0 Å². The summed E-state index contributed by atoms with van der Waals surface area (Å²) in [7, 11) is -5.06. The zero-order chi connectivity index (χ0) is 13.2. The highest BCUT2D eigenvalue weighted by molar-refractivity contribution is 7.89. The van der Waals surface area contributed by atoms with E-state index in [1.54, 1.807) is 0 Å². The Bertz CT molecular complexity index is 497. The van der Waals surface area contributed by atoms with Gasteiger partial charge in [-0.2, -0.15) is 4.31 Å². The number of hydrogen-bond acceptors (Lipinski definition) is 5. The third-order valence-corrected chi connectivity index (χ3v) is 4.80. The summed E-state index contributed by atoms with van der Waals surface area (Å²) in [6.45, 7) is 2.19. The number of rotatable bonds is 3. The Morgan fingerprint density at radius 3 is 2.17 bits per heavy atom. The van der Waals surface area contributed by atoms with Gasteiger partial charge in [0.1, 0.15) is 0 Å². The molecule has 18 heavy (non-hydrogen) atoms. The first-order valence-electron chi connectivity index (χ1n) is 5.69. The maximum absolute atomic E-state index is 12.2. The van der Waals surface area contributed by atoms with Gasteiger partial charge in [-0.15, -0.1) is 0 Å². The van der Waals surface area contributed by atoms with Crippen LogP contribution in [0.4, 0.5) is 0 Å². The molecule has 3 N–H and O–H groups in total. The lowest BCUT2D eigenvalue weighted by Gasteiger charge is -2.26. The maximum atomic E-state index is 12.2. The van der Waals surface area contributed by atoms with Crippen LogP contribution in [0.3, 0.4) is 0 Å². The van der Waals surface area contributed by atoms with Crippen molar-refractivity contribution in [2.24, 2.45) is 0 Å². The Morgan fingerprint density at radius 2 is 1.67 bits per heavy atom. The molecule has 1 aliphatic heterocycles. The molecule has 1 saturated heterocycles. The third kappa shape index (κ3) is 2.73. The van der Waals surface area contributed by atoms with Gasteiger partial charge in [0.05, 0.1) is 4.90 Å². The highest BCUT2D eigenvalue weighted by Crippen LogP contribution is 2.14. The first-order valence-corrected chi connectivity index (χ1v) is 7.13. The highest BCUT2D eigenvalue weighted by Gasteiger charge is 2.25. The molecule has 8 heteroatoms. The SMILES string of the molecule is O=S(=O)(c1ccc(B(O)O)cc1)N1CCNCC1. The van der Waals surface area contributed by atoms with Crippen LogP contribution in [0, 0.1) is 0 Å². The number of nitrogens with zero attached hydrogens (tertiary/aromatic N) is 1. The molecule has 0 bridgehead atoms. The molecule has 0 aliphatic carbocycles. The molecule has 0 radical (unpaired) electrons. The van der Waals surface area contributed by atoms with Crippen molar-refractivity contribution in [3.63, 3.8) is 0 Å². The van der Waals surface area contributed by atoms with Gasteiger partial charge >= 0.3 is 7.12 Å². The zero-order valence-electron chi connectivity index (χ0n) is 9.78. The number of hydrogen-bond donors (Lipinski definition) is 3. The lowest BCUT2D eigenvalue weighted by molar-refractivity contribution is 0.360. The van der Waals surface area contributed by atoms with Crippen LogP contribution in [0.25, 0.3) is 0 Å². The molecule has 2 rings (SSSR count). The summed E-state index contributed by atoms with van der Waals surface area (Å²) in [6.07, 6.45) is 0. The van der Waals surface area contributed by atoms with Crippen LogP contribution < -0.4 is 10.8 Å². The molecule has 1 aromatic rings. The summed E-state index contributed by atoms with van der Waals surface area (Å²) >= 11 is 0. The van der Waals surface area contributed by atoms with E-state index in [0.29, 0.717) is 26.2 Å². The smallest absolute Gasteiger partial charge is 0.423 e. The van der Waals surface area contributed by atoms with Crippen molar-refractivity contribution in [1.29, 1.82) is 0 Å². The summed E-state index contributed by atoms with van der Waals surface area (Å²) in [6, 6.07) is 5.60. The monoisotopic (exact) mass is 270 g/mol. The second-order valence-corrected chi connectivity index (χ2v) is 6.03. The average molecular weight is 270 g/mol. The van der Waals surface area contributed by atoms with Crippen LogP contribution in [0.5, 0.6) is 0 Å². The highest BCUT2D eigenvalue weighted by atomic mass is 32.2. The molecule has 1 fully saturated rings. The number of nitrogens with one attached hydrogen (secondary N) is 1. The van der Waals surface area contributed by atoms with E-state index >= 15 is 0 Å². The third-order valence-electron chi connectivity index (χ3n) is 2.89. The second-order valence-electron chi connectivity index (χ2n) is 4.10. The van der Waals surface area contributed by atoms with Crippen LogP contribution in [0.2, 0.25) is 0 Å². The molecule has 0 aromatic heterocycles. The summed E-state index contributed by atoms with van der Waals surface area (Å²) < 4.78 is 25.9. The van der Waals surface area contributed by atoms with Crippen molar-refractivity contribution >= 4 is 22.6 Å². The fraction of sp³-hybridized carbons (Fsp3) is 0.400. The molecule has 0 spiro atoms. The van der Waals surface area contributed by atoms with E-state index in [1.165, 1.54) is 28.6 Å². The van der Waals surface area contributed by atoms with Gasteiger partial charge in [0.2, 0.25) is 10.0 Å². The predicted molar refractivity (Wildman–Crippen MR) is 67.9 cm³/mol. The molecule has 0 unspecified atom stereocenters. The molecular formula is C10H15BN2O4S. The van der Waals surface area contributed by atoms with Crippen molar-refractivity contribution in [2.45, 2.75) is 4.90 Å². The van der Waals surface area contributed by atoms with Crippen LogP contribution in [0.1, 0.15) is 0 Å². The Kier molecular flexibility index (Phi) is 4.03. The summed E-state index contributed by atoms with van der Waals surface area (Å²) in [4.78, 5) is 0.175. The maximum Gasteiger partial charge on any atom is 0.488 e. The van der Waals surface area contributed by atoms with E-state index in [-0.39, 0.29) is 10.4 Å². The summed E-state index contributed by atoms with van der Waals surface area (Å²) in [5.74, 6) is 0. The van der Waals surface area contributed by atoms with Gasteiger partial charge in [0, 0.05) is 26.2 Å². The molecule has 1 aliphatic rings. The minimum atomic E-state index is -3.47. The quantitative estimate of drug-likeness (QED) is 0.551. The molecule has 1 heterocycles. The van der Waals surface area contributed by atoms with E-state index < -0.39 is 17.1 Å². The largest absolute Gasteiger partial charge is 0.488 e. The average Bonchev–Trinajstić information content (AvgIpc) is 2.40. The first kappa shape index (κ1) is 13.5. The van der Waals surface area contributed by atoms with Gasteiger partial charge in [-0.25, -0.2) is 8.42 Å². The molecule has 0 saturated carbocycles. The van der Waals surface area contributed by atoms with Crippen molar-refractivity contribution < 1.29 is 18.5 Å². The Hall–Kier alpha value is -0.925. The minimum Gasteiger partial charge on any atom is -0.423 e. The number of sulfonamides is 1.